The number of nitriles is 1. The fourth-order valence-electron chi connectivity index (χ4n) is 7.86. The number of ether oxygens (including phenoxy) is 5. The van der Waals surface area contributed by atoms with Crippen molar-refractivity contribution in [3.05, 3.63) is 139 Å². The third-order valence-electron chi connectivity index (χ3n) is 10.8. The van der Waals surface area contributed by atoms with Crippen molar-refractivity contribution in [2.45, 2.75) is 76.3 Å². The van der Waals surface area contributed by atoms with Crippen LogP contribution < -0.4 is 19.5 Å². The molecule has 1 saturated heterocycles. The van der Waals surface area contributed by atoms with Gasteiger partial charge in [0.2, 0.25) is 0 Å². The van der Waals surface area contributed by atoms with Gasteiger partial charge in [0, 0.05) is 12.1 Å². The molecule has 1 fully saturated rings. The van der Waals surface area contributed by atoms with Crippen LogP contribution in [0.4, 0.5) is 5.82 Å². The number of anilines is 1. The van der Waals surface area contributed by atoms with Crippen molar-refractivity contribution >= 4 is 31.4 Å². The molecule has 1 aliphatic rings. The number of benzene rings is 4. The Bertz CT molecular complexity index is 2430. The summed E-state index contributed by atoms with van der Waals surface area (Å²) in [5.41, 5.74) is 1.77. The van der Waals surface area contributed by atoms with E-state index in [-0.39, 0.29) is 55.3 Å². The van der Waals surface area contributed by atoms with Gasteiger partial charge in [-0.05, 0) is 80.8 Å². The fraction of sp³-hybridized carbons (Fsp3) is 0.354. The topological polar surface area (TPSA) is 185 Å². The highest BCUT2D eigenvalue weighted by Crippen LogP contribution is 2.51. The van der Waals surface area contributed by atoms with E-state index < -0.39 is 44.6 Å². The summed E-state index contributed by atoms with van der Waals surface area (Å²) in [6, 6.07) is 36.3. The lowest BCUT2D eigenvalue weighted by atomic mass is 9.80. The molecule has 1 unspecified atom stereocenters. The SMILES string of the molecule is COc1ccc(C(OC[C@H]2O[C@@H](n3cnc4c(NC(=O)COc5ccccc5)ncnc43)[C@H](O)[C@@H]2OP(OCCC#N)N(C(C)C)C(C)C)(c2ccccc2)c2ccc(OC)cc2)cc1. The monoisotopic (exact) mass is 903 g/mol. The van der Waals surface area contributed by atoms with Gasteiger partial charge in [0.15, 0.2) is 29.8 Å². The van der Waals surface area contributed by atoms with Crippen LogP contribution >= 0.6 is 8.53 Å². The Kier molecular flexibility index (Phi) is 15.7. The quantitative estimate of drug-likeness (QED) is 0.0405. The van der Waals surface area contributed by atoms with Crippen molar-refractivity contribution in [2.75, 3.05) is 39.4 Å². The molecule has 6 aromatic rings. The van der Waals surface area contributed by atoms with E-state index in [4.69, 9.17) is 32.7 Å². The van der Waals surface area contributed by atoms with Crippen LogP contribution in [0.25, 0.3) is 11.2 Å². The summed E-state index contributed by atoms with van der Waals surface area (Å²) in [4.78, 5) is 26.4. The molecule has 0 aliphatic carbocycles. The van der Waals surface area contributed by atoms with E-state index in [1.807, 2.05) is 125 Å². The van der Waals surface area contributed by atoms with Gasteiger partial charge in [-0.15, -0.1) is 0 Å². The van der Waals surface area contributed by atoms with Gasteiger partial charge in [-0.25, -0.2) is 19.6 Å². The number of aliphatic hydroxyl groups excluding tert-OH is 1. The number of imidazole rings is 1. The number of hydrogen-bond donors (Lipinski definition) is 2. The summed E-state index contributed by atoms with van der Waals surface area (Å²) in [5.74, 6) is 1.59. The van der Waals surface area contributed by atoms with Crippen molar-refractivity contribution in [2.24, 2.45) is 0 Å². The number of aliphatic hydroxyl groups is 1. The number of amides is 1. The molecule has 0 spiro atoms. The lowest BCUT2D eigenvalue weighted by Gasteiger charge is -2.39. The van der Waals surface area contributed by atoms with Gasteiger partial charge in [-0.2, -0.15) is 5.26 Å². The summed E-state index contributed by atoms with van der Waals surface area (Å²) in [6.45, 7) is 7.91. The largest absolute Gasteiger partial charge is 0.497 e. The molecule has 4 aromatic carbocycles. The first-order valence-electron chi connectivity index (χ1n) is 21.3. The molecule has 5 atom stereocenters. The maximum Gasteiger partial charge on any atom is 0.263 e. The predicted octanol–water partition coefficient (Wildman–Crippen LogP) is 7.79. The summed E-state index contributed by atoms with van der Waals surface area (Å²) < 4.78 is 47.8. The number of carbonyl (C=O) groups is 1. The molecule has 2 N–H and O–H groups in total. The lowest BCUT2D eigenvalue weighted by Crippen LogP contribution is -2.42. The van der Waals surface area contributed by atoms with Crippen molar-refractivity contribution in [1.29, 1.82) is 5.26 Å². The molecule has 1 amide bonds. The van der Waals surface area contributed by atoms with E-state index in [0.29, 0.717) is 17.2 Å². The number of nitrogens with zero attached hydrogens (tertiary/aromatic N) is 6. The van der Waals surface area contributed by atoms with Gasteiger partial charge in [-0.3, -0.25) is 9.36 Å². The van der Waals surface area contributed by atoms with Crippen molar-refractivity contribution in [3.8, 4) is 23.3 Å². The second kappa shape index (κ2) is 21.8. The minimum absolute atomic E-state index is 0.0231. The Morgan fingerprint density at radius 2 is 1.46 bits per heavy atom. The van der Waals surface area contributed by atoms with Crippen LogP contribution in [0.5, 0.6) is 17.2 Å². The van der Waals surface area contributed by atoms with Gasteiger partial charge >= 0.3 is 0 Å². The number of fused-ring (bicyclic) bond motifs is 1. The second-order valence-corrected chi connectivity index (χ2v) is 17.1. The first kappa shape index (κ1) is 47.0. The summed E-state index contributed by atoms with van der Waals surface area (Å²) in [6.07, 6.45) is -1.47. The molecule has 0 saturated carbocycles. The molecule has 7 rings (SSSR count). The number of nitrogens with one attached hydrogen (secondary N) is 1. The minimum atomic E-state index is -1.86. The third kappa shape index (κ3) is 10.6. The number of para-hydroxylation sites is 1. The molecule has 16 nitrogen and oxygen atoms in total. The fourth-order valence-corrected chi connectivity index (χ4v) is 9.63. The van der Waals surface area contributed by atoms with Gasteiger partial charge in [0.05, 0.1) is 46.3 Å². The molecule has 0 bridgehead atoms. The predicted molar refractivity (Wildman–Crippen MR) is 244 cm³/mol. The first-order chi connectivity index (χ1) is 31.6. The van der Waals surface area contributed by atoms with Crippen molar-refractivity contribution in [1.82, 2.24) is 24.2 Å². The maximum absolute atomic E-state index is 13.0. The highest BCUT2D eigenvalue weighted by atomic mass is 31.2. The maximum atomic E-state index is 13.0. The van der Waals surface area contributed by atoms with E-state index in [9.17, 15) is 15.2 Å². The molecule has 2 aromatic heterocycles. The van der Waals surface area contributed by atoms with Gasteiger partial charge in [0.25, 0.3) is 14.4 Å². The molecular formula is C48H54N7O9P. The van der Waals surface area contributed by atoms with Crippen LogP contribution in [-0.2, 0) is 28.9 Å². The van der Waals surface area contributed by atoms with Gasteiger partial charge in [-0.1, -0.05) is 72.8 Å². The van der Waals surface area contributed by atoms with Crippen LogP contribution in [0.1, 0.15) is 57.0 Å². The van der Waals surface area contributed by atoms with Gasteiger partial charge < -0.3 is 43.2 Å². The molecular weight excluding hydrogens is 850 g/mol. The summed E-state index contributed by atoms with van der Waals surface area (Å²) in [5, 5.41) is 24.7. The standard InChI is InChI=1S/C48H54N7O9P/c1-32(2)55(33(3)4)65(62-27-13-26-49)64-44-40(28-61-48(34-14-9-7-10-15-34,35-18-22-37(58-5)23-19-35)36-20-24-38(59-6)25-21-36)63-47(43(44)57)54-31-52-42-45(50-30-51-46(42)54)53-41(56)29-60-39-16-11-8-12-17-39/h7-12,14-25,30-33,40,43-44,47,57H,13,27-29H2,1-6H3,(H,50,51,53,56)/t40-,43-,44-,47-,65?/m1/s1. The van der Waals surface area contributed by atoms with E-state index in [0.717, 1.165) is 16.7 Å². The number of rotatable bonds is 21. The highest BCUT2D eigenvalue weighted by molar-refractivity contribution is 7.44. The molecule has 340 valence electrons. The highest BCUT2D eigenvalue weighted by Gasteiger charge is 2.50. The van der Waals surface area contributed by atoms with Crippen LogP contribution in [0.2, 0.25) is 0 Å². The molecule has 65 heavy (non-hydrogen) atoms. The van der Waals surface area contributed by atoms with Crippen LogP contribution in [0.15, 0.2) is 122 Å². The van der Waals surface area contributed by atoms with E-state index in [1.165, 1.54) is 12.7 Å². The van der Waals surface area contributed by atoms with Crippen molar-refractivity contribution in [3.63, 3.8) is 0 Å². The van der Waals surface area contributed by atoms with E-state index in [1.54, 1.807) is 30.9 Å². The van der Waals surface area contributed by atoms with E-state index in [2.05, 4.69) is 31.0 Å². The zero-order valence-electron chi connectivity index (χ0n) is 37.2. The Hall–Kier alpha value is -6.02. The summed E-state index contributed by atoms with van der Waals surface area (Å²) in [7, 11) is 1.38. The Morgan fingerprint density at radius 3 is 2.05 bits per heavy atom. The average Bonchev–Trinajstić information content (AvgIpc) is 3.89. The summed E-state index contributed by atoms with van der Waals surface area (Å²) >= 11 is 0. The van der Waals surface area contributed by atoms with Crippen LogP contribution in [0.3, 0.4) is 0 Å². The van der Waals surface area contributed by atoms with Gasteiger partial charge in [0.1, 0.15) is 47.5 Å². The van der Waals surface area contributed by atoms with Crippen molar-refractivity contribution < 1.29 is 42.6 Å². The molecule has 0 radical (unpaired) electrons. The zero-order chi connectivity index (χ0) is 45.9. The zero-order valence-corrected chi connectivity index (χ0v) is 38.1. The number of aromatic nitrogens is 4. The smallest absolute Gasteiger partial charge is 0.263 e. The number of carbonyl (C=O) groups excluding carboxylic acids is 1. The Balaban J connectivity index is 1.27. The van der Waals surface area contributed by atoms with E-state index >= 15 is 0 Å². The normalized spacial score (nSPS) is 17.9. The lowest BCUT2D eigenvalue weighted by molar-refractivity contribution is -0.118. The Labute approximate surface area is 380 Å². The third-order valence-corrected chi connectivity index (χ3v) is 13.0. The minimum Gasteiger partial charge on any atom is -0.497 e. The molecule has 1 aliphatic heterocycles. The average molecular weight is 904 g/mol. The van der Waals surface area contributed by atoms with Crippen LogP contribution in [0, 0.1) is 11.3 Å². The Morgan fingerprint density at radius 1 is 0.862 bits per heavy atom. The molecule has 3 heterocycles. The number of hydrogen-bond acceptors (Lipinski definition) is 14. The number of methoxy groups -OCH3 is 2. The van der Waals surface area contributed by atoms with Crippen LogP contribution in [-0.4, -0.2) is 99.6 Å². The second-order valence-electron chi connectivity index (χ2n) is 15.7. The first-order valence-corrected chi connectivity index (χ1v) is 22.4. The molecule has 17 heteroatoms.